The number of thiophene rings is 1. The molecule has 0 fully saturated rings. The molecule has 0 radical (unpaired) electrons. The van der Waals surface area contributed by atoms with Crippen molar-refractivity contribution in [3.63, 3.8) is 0 Å². The third-order valence-corrected chi connectivity index (χ3v) is 3.86. The molecule has 5 nitrogen and oxygen atoms in total. The fourth-order valence-electron chi connectivity index (χ4n) is 2.23. The number of aromatic nitrogens is 2. The van der Waals surface area contributed by atoms with Gasteiger partial charge in [0.1, 0.15) is 5.69 Å². The molecule has 0 spiro atoms. The van der Waals surface area contributed by atoms with E-state index < -0.39 is 6.10 Å². The summed E-state index contributed by atoms with van der Waals surface area (Å²) in [6, 6.07) is 4.11. The van der Waals surface area contributed by atoms with E-state index in [1.54, 1.807) is 18.4 Å². The number of likely N-dealkylation sites (N-methyl/N-ethyl adjacent to an activating group) is 1. The van der Waals surface area contributed by atoms with E-state index in [1.807, 2.05) is 31.0 Å². The predicted octanol–water partition coefficient (Wildman–Crippen LogP) is 1.59. The van der Waals surface area contributed by atoms with Gasteiger partial charge < -0.3 is 9.84 Å². The lowest BCUT2D eigenvalue weighted by molar-refractivity contribution is 0.0419. The molecule has 2 aromatic heterocycles. The first-order chi connectivity index (χ1) is 9.60. The van der Waals surface area contributed by atoms with Crippen LogP contribution in [0.3, 0.4) is 0 Å². The zero-order chi connectivity index (χ0) is 14.5. The summed E-state index contributed by atoms with van der Waals surface area (Å²) in [5, 5.41) is 16.4. The van der Waals surface area contributed by atoms with Crippen LogP contribution in [0.5, 0.6) is 0 Å². The zero-order valence-corrected chi connectivity index (χ0v) is 12.9. The molecule has 0 saturated heterocycles. The number of aliphatic hydroxyl groups is 1. The van der Waals surface area contributed by atoms with Gasteiger partial charge in [0, 0.05) is 39.0 Å². The van der Waals surface area contributed by atoms with Gasteiger partial charge in [-0.15, -0.1) is 11.3 Å². The van der Waals surface area contributed by atoms with Gasteiger partial charge in [-0.1, -0.05) is 6.07 Å². The fraction of sp³-hybridized carbons (Fsp3) is 0.500. The molecule has 2 rings (SSSR count). The first-order valence-corrected chi connectivity index (χ1v) is 7.40. The van der Waals surface area contributed by atoms with E-state index in [0.717, 1.165) is 12.2 Å². The molecule has 0 aliphatic heterocycles. The molecule has 0 aliphatic carbocycles. The maximum absolute atomic E-state index is 9.77. The zero-order valence-electron chi connectivity index (χ0n) is 12.1. The van der Waals surface area contributed by atoms with Crippen LogP contribution in [0.15, 0.2) is 23.7 Å². The van der Waals surface area contributed by atoms with Gasteiger partial charge in [0.05, 0.1) is 17.6 Å². The third kappa shape index (κ3) is 3.89. The van der Waals surface area contributed by atoms with Crippen LogP contribution in [-0.2, 0) is 18.3 Å². The third-order valence-electron chi connectivity index (χ3n) is 2.98. The average Bonchev–Trinajstić information content (AvgIpc) is 2.98. The summed E-state index contributed by atoms with van der Waals surface area (Å²) in [4.78, 5) is 3.25. The number of aryl methyl sites for hydroxylation is 1. The van der Waals surface area contributed by atoms with Crippen LogP contribution < -0.4 is 0 Å². The van der Waals surface area contributed by atoms with Gasteiger partial charge in [0.15, 0.2) is 0 Å². The molecule has 0 aliphatic rings. The van der Waals surface area contributed by atoms with Crippen LogP contribution in [0.1, 0.15) is 5.56 Å². The Bertz CT molecular complexity index is 525. The molecule has 0 aromatic carbocycles. The summed E-state index contributed by atoms with van der Waals surface area (Å²) in [5.41, 5.74) is 2.19. The SMILES string of the molecule is COCC(O)CN(C)Cc1cn(C)nc1-c1cccs1. The quantitative estimate of drug-likeness (QED) is 0.843. The second-order valence-corrected chi connectivity index (χ2v) is 5.91. The number of aliphatic hydroxyl groups excluding tert-OH is 1. The molecule has 6 heteroatoms. The highest BCUT2D eigenvalue weighted by Crippen LogP contribution is 2.27. The first kappa shape index (κ1) is 15.2. The van der Waals surface area contributed by atoms with Gasteiger partial charge in [-0.3, -0.25) is 9.58 Å². The largest absolute Gasteiger partial charge is 0.389 e. The van der Waals surface area contributed by atoms with Crippen molar-refractivity contribution in [2.24, 2.45) is 7.05 Å². The smallest absolute Gasteiger partial charge is 0.107 e. The molecule has 0 bridgehead atoms. The van der Waals surface area contributed by atoms with Crippen LogP contribution in [-0.4, -0.2) is 53.2 Å². The topological polar surface area (TPSA) is 50.5 Å². The second-order valence-electron chi connectivity index (χ2n) is 4.96. The van der Waals surface area contributed by atoms with E-state index >= 15 is 0 Å². The van der Waals surface area contributed by atoms with Gasteiger partial charge in [-0.2, -0.15) is 5.10 Å². The highest BCUT2D eigenvalue weighted by molar-refractivity contribution is 7.13. The molecule has 1 atom stereocenters. The van der Waals surface area contributed by atoms with Crippen molar-refractivity contribution in [2.45, 2.75) is 12.6 Å². The van der Waals surface area contributed by atoms with E-state index in [2.05, 4.69) is 21.4 Å². The Morgan fingerprint density at radius 1 is 1.55 bits per heavy atom. The number of methoxy groups -OCH3 is 1. The van der Waals surface area contributed by atoms with Crippen molar-refractivity contribution in [1.82, 2.24) is 14.7 Å². The maximum Gasteiger partial charge on any atom is 0.107 e. The predicted molar refractivity (Wildman–Crippen MR) is 80.7 cm³/mol. The normalized spacial score (nSPS) is 13.1. The van der Waals surface area contributed by atoms with Gasteiger partial charge in [0.25, 0.3) is 0 Å². The molecule has 0 amide bonds. The Balaban J connectivity index is 2.06. The van der Waals surface area contributed by atoms with Crippen molar-refractivity contribution in [2.75, 3.05) is 27.3 Å². The summed E-state index contributed by atoms with van der Waals surface area (Å²) >= 11 is 1.69. The van der Waals surface area contributed by atoms with Crippen molar-refractivity contribution < 1.29 is 9.84 Å². The molecule has 1 unspecified atom stereocenters. The Morgan fingerprint density at radius 2 is 2.35 bits per heavy atom. The summed E-state index contributed by atoms with van der Waals surface area (Å²) < 4.78 is 6.79. The van der Waals surface area contributed by atoms with Gasteiger partial charge in [0.2, 0.25) is 0 Å². The number of hydrogen-bond donors (Lipinski definition) is 1. The highest BCUT2D eigenvalue weighted by Gasteiger charge is 2.14. The number of hydrogen-bond acceptors (Lipinski definition) is 5. The molecule has 2 heterocycles. The molecule has 2 aromatic rings. The molecule has 110 valence electrons. The summed E-state index contributed by atoms with van der Waals surface area (Å²) in [6.07, 6.45) is 1.57. The molecule has 20 heavy (non-hydrogen) atoms. The van der Waals surface area contributed by atoms with Gasteiger partial charge in [-0.25, -0.2) is 0 Å². The first-order valence-electron chi connectivity index (χ1n) is 6.52. The van der Waals surface area contributed by atoms with Crippen molar-refractivity contribution in [1.29, 1.82) is 0 Å². The Hall–Kier alpha value is -1.21. The van der Waals surface area contributed by atoms with Gasteiger partial charge in [-0.05, 0) is 18.5 Å². The number of rotatable bonds is 7. The molecular weight excluding hydrogens is 274 g/mol. The van der Waals surface area contributed by atoms with E-state index in [1.165, 1.54) is 10.4 Å². The minimum atomic E-state index is -0.466. The Kier molecular flexibility index (Phi) is 5.31. The molecule has 1 N–H and O–H groups in total. The summed E-state index contributed by atoms with van der Waals surface area (Å²) in [7, 11) is 5.52. The van der Waals surface area contributed by atoms with Crippen molar-refractivity contribution in [3.05, 3.63) is 29.3 Å². The van der Waals surface area contributed by atoms with Crippen molar-refractivity contribution >= 4 is 11.3 Å². The van der Waals surface area contributed by atoms with E-state index in [0.29, 0.717) is 13.2 Å². The number of nitrogens with zero attached hydrogens (tertiary/aromatic N) is 3. The fourth-order valence-corrected chi connectivity index (χ4v) is 2.98. The van der Waals surface area contributed by atoms with Crippen LogP contribution in [0.2, 0.25) is 0 Å². The highest BCUT2D eigenvalue weighted by atomic mass is 32.1. The standard InChI is InChI=1S/C14H21N3O2S/c1-16(9-12(18)10-19-3)7-11-8-17(2)15-14(11)13-5-4-6-20-13/h4-6,8,12,18H,7,9-10H2,1-3H3. The Labute approximate surface area is 123 Å². The average molecular weight is 295 g/mol. The van der Waals surface area contributed by atoms with Crippen LogP contribution in [0, 0.1) is 0 Å². The van der Waals surface area contributed by atoms with E-state index in [9.17, 15) is 5.11 Å². The van der Waals surface area contributed by atoms with E-state index in [4.69, 9.17) is 4.74 Å². The lowest BCUT2D eigenvalue weighted by atomic mass is 10.2. The molecular formula is C14H21N3O2S. The summed E-state index contributed by atoms with van der Waals surface area (Å²) in [6.45, 7) is 1.68. The minimum Gasteiger partial charge on any atom is -0.389 e. The monoisotopic (exact) mass is 295 g/mol. The Morgan fingerprint density at radius 3 is 3.00 bits per heavy atom. The van der Waals surface area contributed by atoms with Gasteiger partial charge >= 0.3 is 0 Å². The van der Waals surface area contributed by atoms with Crippen LogP contribution >= 0.6 is 11.3 Å². The van der Waals surface area contributed by atoms with E-state index in [-0.39, 0.29) is 0 Å². The van der Waals surface area contributed by atoms with Crippen LogP contribution in [0.4, 0.5) is 0 Å². The maximum atomic E-state index is 9.77. The second kappa shape index (κ2) is 6.99. The lowest BCUT2D eigenvalue weighted by Crippen LogP contribution is -2.31. The number of ether oxygens (including phenoxy) is 1. The lowest BCUT2D eigenvalue weighted by Gasteiger charge is -2.19. The van der Waals surface area contributed by atoms with Crippen LogP contribution in [0.25, 0.3) is 10.6 Å². The minimum absolute atomic E-state index is 0.356. The molecule has 0 saturated carbocycles. The summed E-state index contributed by atoms with van der Waals surface area (Å²) in [5.74, 6) is 0. The van der Waals surface area contributed by atoms with Crippen molar-refractivity contribution in [3.8, 4) is 10.6 Å².